The molecule has 2 aromatic rings. The fourth-order valence-corrected chi connectivity index (χ4v) is 4.35. The van der Waals surface area contributed by atoms with Gasteiger partial charge >= 0.3 is 5.97 Å². The van der Waals surface area contributed by atoms with Crippen LogP contribution in [0.15, 0.2) is 18.2 Å². The highest BCUT2D eigenvalue weighted by molar-refractivity contribution is 7.80. The Kier molecular flexibility index (Phi) is 8.13. The lowest BCUT2D eigenvalue weighted by molar-refractivity contribution is 0.0606. The molecule has 0 bridgehead atoms. The first-order valence-electron chi connectivity index (χ1n) is 8.88. The highest BCUT2D eigenvalue weighted by atomic mass is 35.5. The number of hydrogen-bond donors (Lipinski definition) is 1. The molecule has 0 atom stereocenters. The van der Waals surface area contributed by atoms with Gasteiger partial charge in [0.15, 0.2) is 5.11 Å². The van der Waals surface area contributed by atoms with Crippen LogP contribution in [0.4, 0.5) is 5.69 Å². The lowest BCUT2D eigenvalue weighted by atomic mass is 10.2. The fraction of sp³-hybridized carbons (Fsp3) is 0.474. The van der Waals surface area contributed by atoms with Crippen LogP contribution in [-0.4, -0.2) is 36.2 Å². The minimum atomic E-state index is -0.411. The summed E-state index contributed by atoms with van der Waals surface area (Å²) in [5.41, 5.74) is 0.898. The third-order valence-corrected chi connectivity index (χ3v) is 6.10. The Morgan fingerprint density at radius 2 is 1.92 bits per heavy atom. The van der Waals surface area contributed by atoms with Gasteiger partial charge in [-0.3, -0.25) is 0 Å². The van der Waals surface area contributed by atoms with Crippen LogP contribution in [0.3, 0.4) is 0 Å². The number of hydrogen-bond acceptors (Lipinski definition) is 4. The Bertz CT molecular complexity index is 768. The van der Waals surface area contributed by atoms with E-state index in [4.69, 9.17) is 28.6 Å². The van der Waals surface area contributed by atoms with Crippen LogP contribution in [0.1, 0.15) is 49.2 Å². The zero-order valence-corrected chi connectivity index (χ0v) is 17.8. The van der Waals surface area contributed by atoms with E-state index in [-0.39, 0.29) is 0 Å². The van der Waals surface area contributed by atoms with Crippen molar-refractivity contribution >= 4 is 62.0 Å². The molecule has 0 aliphatic heterocycles. The molecule has 26 heavy (non-hydrogen) atoms. The molecule has 0 saturated heterocycles. The molecular weight excluding hydrogens is 388 g/mol. The zero-order valence-electron chi connectivity index (χ0n) is 15.4. The Balaban J connectivity index is 2.18. The predicted molar refractivity (Wildman–Crippen MR) is 116 cm³/mol. The molecular formula is C19H25ClN2O2S2. The zero-order chi connectivity index (χ0) is 19.1. The van der Waals surface area contributed by atoms with Crippen molar-refractivity contribution in [3.8, 4) is 0 Å². The Labute approximate surface area is 169 Å². The molecule has 1 aromatic heterocycles. The van der Waals surface area contributed by atoms with E-state index in [0.29, 0.717) is 9.90 Å². The first-order chi connectivity index (χ1) is 12.5. The van der Waals surface area contributed by atoms with Gasteiger partial charge in [0.05, 0.1) is 12.1 Å². The smallest absolute Gasteiger partial charge is 0.349 e. The second-order valence-electron chi connectivity index (χ2n) is 6.07. The van der Waals surface area contributed by atoms with E-state index in [1.165, 1.54) is 18.4 Å². The summed E-state index contributed by atoms with van der Waals surface area (Å²) in [6, 6.07) is 5.82. The molecule has 142 valence electrons. The molecule has 7 heteroatoms. The number of carbonyl (C=O) groups is 1. The summed E-state index contributed by atoms with van der Waals surface area (Å²) in [4.78, 5) is 14.5. The molecule has 0 fully saturated rings. The molecule has 0 unspecified atom stereocenters. The normalized spacial score (nSPS) is 10.8. The van der Waals surface area contributed by atoms with Crippen molar-refractivity contribution in [3.05, 3.63) is 28.1 Å². The summed E-state index contributed by atoms with van der Waals surface area (Å²) in [6.07, 6.45) is 4.52. The molecule has 1 heterocycles. The first kappa shape index (κ1) is 20.9. The number of rotatable bonds is 8. The summed E-state index contributed by atoms with van der Waals surface area (Å²) < 4.78 is 5.72. The minimum absolute atomic E-state index is 0.411. The number of unbranched alkanes of at least 4 members (excludes halogenated alkanes) is 2. The van der Waals surface area contributed by atoms with Crippen LogP contribution < -0.4 is 5.32 Å². The molecule has 0 aliphatic rings. The summed E-state index contributed by atoms with van der Waals surface area (Å²) in [6.45, 7) is 6.29. The van der Waals surface area contributed by atoms with Gasteiger partial charge in [-0.25, -0.2) is 4.79 Å². The maximum absolute atomic E-state index is 11.8. The van der Waals surface area contributed by atoms with Crippen molar-refractivity contribution in [3.63, 3.8) is 0 Å². The number of thiocarbonyl (C=S) groups is 1. The summed E-state index contributed by atoms with van der Waals surface area (Å²) in [5.74, 6) is -0.411. The molecule has 0 aliphatic carbocycles. The number of nitrogens with one attached hydrogen (secondary N) is 1. The Morgan fingerprint density at radius 3 is 2.50 bits per heavy atom. The Hall–Kier alpha value is -1.37. The van der Waals surface area contributed by atoms with E-state index in [1.807, 2.05) is 18.2 Å². The number of esters is 1. The van der Waals surface area contributed by atoms with E-state index in [1.54, 1.807) is 0 Å². The SMILES string of the molecule is CCCCN(CCCC)C(=S)Nc1ccc2c(Cl)c(C(=O)OC)sc2c1. The van der Waals surface area contributed by atoms with Gasteiger partial charge in [0.1, 0.15) is 4.88 Å². The monoisotopic (exact) mass is 412 g/mol. The number of methoxy groups -OCH3 is 1. The number of thiophene rings is 1. The molecule has 0 spiro atoms. The van der Waals surface area contributed by atoms with Crippen LogP contribution in [0.5, 0.6) is 0 Å². The molecule has 0 saturated carbocycles. The number of ether oxygens (including phenoxy) is 1. The third-order valence-electron chi connectivity index (χ3n) is 4.10. The maximum atomic E-state index is 11.8. The number of halogens is 1. The van der Waals surface area contributed by atoms with Crippen molar-refractivity contribution in [1.82, 2.24) is 4.90 Å². The van der Waals surface area contributed by atoms with Gasteiger partial charge in [-0.1, -0.05) is 38.3 Å². The standard InChI is InChI=1S/C19H25ClN2O2S2/c1-4-6-10-22(11-7-5-2)19(25)21-13-8-9-14-15(12-13)26-17(16(14)20)18(23)24-3/h8-9,12H,4-7,10-11H2,1-3H3,(H,21,25). The summed E-state index contributed by atoms with van der Waals surface area (Å²) in [7, 11) is 1.36. The number of nitrogens with zero attached hydrogens (tertiary/aromatic N) is 1. The lowest BCUT2D eigenvalue weighted by Gasteiger charge is -2.25. The van der Waals surface area contributed by atoms with E-state index in [9.17, 15) is 4.79 Å². The van der Waals surface area contributed by atoms with Crippen LogP contribution in [0.25, 0.3) is 10.1 Å². The van der Waals surface area contributed by atoms with E-state index >= 15 is 0 Å². The molecule has 0 amide bonds. The molecule has 1 aromatic carbocycles. The van der Waals surface area contributed by atoms with E-state index in [2.05, 4.69) is 24.1 Å². The third kappa shape index (κ3) is 5.09. The second-order valence-corrected chi connectivity index (χ2v) is 7.89. The highest BCUT2D eigenvalue weighted by Gasteiger charge is 2.18. The van der Waals surface area contributed by atoms with Gasteiger partial charge < -0.3 is 15.0 Å². The van der Waals surface area contributed by atoms with E-state index < -0.39 is 5.97 Å². The quantitative estimate of drug-likeness (QED) is 0.429. The second kappa shape index (κ2) is 10.1. The molecule has 2 rings (SSSR count). The highest BCUT2D eigenvalue weighted by Crippen LogP contribution is 2.37. The van der Waals surface area contributed by atoms with Gasteiger partial charge in [0.2, 0.25) is 0 Å². The number of benzene rings is 1. The molecule has 1 N–H and O–H groups in total. The van der Waals surface area contributed by atoms with Gasteiger partial charge in [0.25, 0.3) is 0 Å². The lowest BCUT2D eigenvalue weighted by Crippen LogP contribution is -2.36. The maximum Gasteiger partial charge on any atom is 0.349 e. The van der Waals surface area contributed by atoms with Crippen LogP contribution in [-0.2, 0) is 4.74 Å². The molecule has 0 radical (unpaired) electrons. The average molecular weight is 413 g/mol. The van der Waals surface area contributed by atoms with Crippen LogP contribution >= 0.6 is 35.2 Å². The van der Waals surface area contributed by atoms with Crippen molar-refractivity contribution in [2.24, 2.45) is 0 Å². The number of fused-ring (bicyclic) bond motifs is 1. The molecule has 4 nitrogen and oxygen atoms in total. The van der Waals surface area contributed by atoms with Gasteiger partial charge in [-0.05, 0) is 43.3 Å². The first-order valence-corrected chi connectivity index (χ1v) is 10.5. The average Bonchev–Trinajstić information content (AvgIpc) is 2.97. The predicted octanol–water partition coefficient (Wildman–Crippen LogP) is 5.94. The minimum Gasteiger partial charge on any atom is -0.465 e. The van der Waals surface area contributed by atoms with Crippen LogP contribution in [0, 0.1) is 0 Å². The van der Waals surface area contributed by atoms with Crippen LogP contribution in [0.2, 0.25) is 5.02 Å². The van der Waals surface area contributed by atoms with E-state index in [0.717, 1.165) is 59.7 Å². The Morgan fingerprint density at radius 1 is 1.27 bits per heavy atom. The summed E-state index contributed by atoms with van der Waals surface area (Å²) in [5, 5.41) is 5.36. The van der Waals surface area contributed by atoms with Crippen molar-refractivity contribution < 1.29 is 9.53 Å². The number of anilines is 1. The number of carbonyl (C=O) groups excluding carboxylic acids is 1. The van der Waals surface area contributed by atoms with Crippen molar-refractivity contribution in [1.29, 1.82) is 0 Å². The van der Waals surface area contributed by atoms with Gasteiger partial charge in [-0.2, -0.15) is 0 Å². The van der Waals surface area contributed by atoms with Gasteiger partial charge in [0, 0.05) is 28.9 Å². The van der Waals surface area contributed by atoms with Crippen molar-refractivity contribution in [2.75, 3.05) is 25.5 Å². The fourth-order valence-electron chi connectivity index (χ4n) is 2.58. The largest absolute Gasteiger partial charge is 0.465 e. The van der Waals surface area contributed by atoms with Gasteiger partial charge in [-0.15, -0.1) is 11.3 Å². The topological polar surface area (TPSA) is 41.6 Å². The summed E-state index contributed by atoms with van der Waals surface area (Å²) >= 11 is 13.3. The van der Waals surface area contributed by atoms with Crippen molar-refractivity contribution in [2.45, 2.75) is 39.5 Å².